The molecule has 6 nitrogen and oxygen atoms in total. The van der Waals surface area contributed by atoms with Gasteiger partial charge in [0.05, 0.1) is 18.5 Å². The molecule has 0 unspecified atom stereocenters. The number of methoxy groups -OCH3 is 1. The highest BCUT2D eigenvalue weighted by Gasteiger charge is 2.14. The van der Waals surface area contributed by atoms with E-state index in [1.54, 1.807) is 49.4 Å². The van der Waals surface area contributed by atoms with Gasteiger partial charge in [0, 0.05) is 31.1 Å². The van der Waals surface area contributed by atoms with Crippen molar-refractivity contribution in [3.8, 4) is 5.75 Å². The molecule has 0 aliphatic heterocycles. The first-order valence-electron chi connectivity index (χ1n) is 8.40. The molecule has 0 aromatic heterocycles. The van der Waals surface area contributed by atoms with E-state index in [-0.39, 0.29) is 17.7 Å². The predicted molar refractivity (Wildman–Crippen MR) is 103 cm³/mol. The van der Waals surface area contributed by atoms with Gasteiger partial charge in [-0.1, -0.05) is 26.0 Å². The second-order valence-electron chi connectivity index (χ2n) is 6.45. The Labute approximate surface area is 153 Å². The third-order valence-electron chi connectivity index (χ3n) is 4.01. The van der Waals surface area contributed by atoms with E-state index < -0.39 is 0 Å². The lowest BCUT2D eigenvalue weighted by atomic mass is 10.1. The summed E-state index contributed by atoms with van der Waals surface area (Å²) >= 11 is 0. The van der Waals surface area contributed by atoms with Crippen LogP contribution in [0.5, 0.6) is 5.75 Å². The first-order valence-corrected chi connectivity index (χ1v) is 8.40. The van der Waals surface area contributed by atoms with Crippen LogP contribution in [0, 0.1) is 5.92 Å². The minimum absolute atomic E-state index is 0.0432. The van der Waals surface area contributed by atoms with Gasteiger partial charge in [-0.25, -0.2) is 0 Å². The molecule has 3 N–H and O–H groups in total. The summed E-state index contributed by atoms with van der Waals surface area (Å²) in [4.78, 5) is 26.1. The molecule has 0 fully saturated rings. The number of nitrogen functional groups attached to an aromatic ring is 1. The van der Waals surface area contributed by atoms with E-state index in [9.17, 15) is 9.59 Å². The molecule has 0 atom stereocenters. The number of carbonyl (C=O) groups is 2. The number of amides is 2. The molecule has 6 heteroatoms. The number of hydrogen-bond donors (Lipinski definition) is 2. The van der Waals surface area contributed by atoms with Gasteiger partial charge in [-0.15, -0.1) is 0 Å². The monoisotopic (exact) mass is 355 g/mol. The number of benzene rings is 2. The Balaban J connectivity index is 2.06. The molecule has 0 heterocycles. The van der Waals surface area contributed by atoms with E-state index in [1.165, 1.54) is 0 Å². The average molecular weight is 355 g/mol. The zero-order chi connectivity index (χ0) is 19.3. The van der Waals surface area contributed by atoms with Crippen molar-refractivity contribution in [2.45, 2.75) is 20.4 Å². The normalized spacial score (nSPS) is 10.5. The summed E-state index contributed by atoms with van der Waals surface area (Å²) in [6.45, 7) is 4.24. The van der Waals surface area contributed by atoms with E-state index in [4.69, 9.17) is 10.5 Å². The number of nitrogens with one attached hydrogen (secondary N) is 1. The summed E-state index contributed by atoms with van der Waals surface area (Å²) in [5.41, 5.74) is 8.32. The number of nitrogens with zero attached hydrogens (tertiary/aromatic N) is 1. The third-order valence-corrected chi connectivity index (χ3v) is 4.01. The van der Waals surface area contributed by atoms with Crippen molar-refractivity contribution in [3.63, 3.8) is 0 Å². The lowest BCUT2D eigenvalue weighted by molar-refractivity contribution is -0.133. The molecule has 0 bridgehead atoms. The van der Waals surface area contributed by atoms with E-state index in [0.717, 1.165) is 5.56 Å². The average Bonchev–Trinajstić information content (AvgIpc) is 2.63. The Morgan fingerprint density at radius 2 is 1.81 bits per heavy atom. The van der Waals surface area contributed by atoms with E-state index in [0.29, 0.717) is 29.2 Å². The number of nitrogens with two attached hydrogens (primary N) is 1. The minimum Gasteiger partial charge on any atom is -0.497 e. The molecule has 0 saturated carbocycles. The molecular formula is C20H25N3O3. The summed E-state index contributed by atoms with van der Waals surface area (Å²) in [6.07, 6.45) is 0. The van der Waals surface area contributed by atoms with Crippen LogP contribution < -0.4 is 15.8 Å². The molecule has 2 aromatic rings. The van der Waals surface area contributed by atoms with Crippen molar-refractivity contribution in [1.82, 2.24) is 4.90 Å². The van der Waals surface area contributed by atoms with Crippen molar-refractivity contribution in [2.24, 2.45) is 5.92 Å². The fourth-order valence-corrected chi connectivity index (χ4v) is 2.52. The van der Waals surface area contributed by atoms with Crippen molar-refractivity contribution in [1.29, 1.82) is 0 Å². The number of ether oxygens (including phenoxy) is 1. The Kier molecular flexibility index (Phi) is 6.22. The summed E-state index contributed by atoms with van der Waals surface area (Å²) in [5.74, 6) is 0.393. The zero-order valence-electron chi connectivity index (χ0n) is 15.6. The molecule has 0 spiro atoms. The van der Waals surface area contributed by atoms with Crippen LogP contribution in [-0.4, -0.2) is 30.9 Å². The molecule has 0 aliphatic carbocycles. The maximum absolute atomic E-state index is 12.4. The van der Waals surface area contributed by atoms with Crippen LogP contribution >= 0.6 is 0 Å². The highest BCUT2D eigenvalue weighted by Crippen LogP contribution is 2.25. The Morgan fingerprint density at radius 1 is 1.15 bits per heavy atom. The van der Waals surface area contributed by atoms with Gasteiger partial charge in [0.2, 0.25) is 5.91 Å². The first kappa shape index (κ1) is 19.3. The van der Waals surface area contributed by atoms with Crippen LogP contribution in [-0.2, 0) is 11.3 Å². The summed E-state index contributed by atoms with van der Waals surface area (Å²) in [6, 6.07) is 12.2. The van der Waals surface area contributed by atoms with Gasteiger partial charge >= 0.3 is 0 Å². The van der Waals surface area contributed by atoms with Gasteiger partial charge in [-0.05, 0) is 29.8 Å². The summed E-state index contributed by atoms with van der Waals surface area (Å²) < 4.78 is 5.15. The predicted octanol–water partition coefficient (Wildman–Crippen LogP) is 3.14. The quantitative estimate of drug-likeness (QED) is 0.780. The van der Waals surface area contributed by atoms with Gasteiger partial charge in [0.25, 0.3) is 5.91 Å². The smallest absolute Gasteiger partial charge is 0.255 e. The number of carbonyl (C=O) groups excluding carboxylic acids is 2. The fourth-order valence-electron chi connectivity index (χ4n) is 2.52. The van der Waals surface area contributed by atoms with Gasteiger partial charge in [-0.2, -0.15) is 0 Å². The second-order valence-corrected chi connectivity index (χ2v) is 6.45. The van der Waals surface area contributed by atoms with E-state index >= 15 is 0 Å². The summed E-state index contributed by atoms with van der Waals surface area (Å²) in [7, 11) is 3.32. The Morgan fingerprint density at radius 3 is 2.38 bits per heavy atom. The van der Waals surface area contributed by atoms with Gasteiger partial charge in [0.1, 0.15) is 5.75 Å². The lowest BCUT2D eigenvalue weighted by Crippen LogP contribution is -2.29. The van der Waals surface area contributed by atoms with Crippen LogP contribution in [0.4, 0.5) is 11.4 Å². The fraction of sp³-hybridized carbons (Fsp3) is 0.300. The maximum Gasteiger partial charge on any atom is 0.255 e. The molecule has 2 amide bonds. The molecule has 26 heavy (non-hydrogen) atoms. The lowest BCUT2D eigenvalue weighted by Gasteiger charge is -2.19. The molecular weight excluding hydrogens is 330 g/mol. The Bertz CT molecular complexity index is 785. The first-order chi connectivity index (χ1) is 12.3. The minimum atomic E-state index is -0.261. The van der Waals surface area contributed by atoms with Crippen molar-refractivity contribution in [2.75, 3.05) is 25.2 Å². The zero-order valence-corrected chi connectivity index (χ0v) is 15.6. The molecule has 2 aromatic carbocycles. The molecule has 0 aliphatic rings. The summed E-state index contributed by atoms with van der Waals surface area (Å²) in [5, 5.41) is 2.79. The largest absolute Gasteiger partial charge is 0.497 e. The number of anilines is 2. The highest BCUT2D eigenvalue weighted by molar-refractivity contribution is 6.05. The molecule has 138 valence electrons. The van der Waals surface area contributed by atoms with Crippen LogP contribution in [0.1, 0.15) is 29.8 Å². The van der Waals surface area contributed by atoms with Crippen LogP contribution in [0.3, 0.4) is 0 Å². The maximum atomic E-state index is 12.4. The van der Waals surface area contributed by atoms with Crippen LogP contribution in [0.15, 0.2) is 42.5 Å². The Hall–Kier alpha value is -3.02. The third kappa shape index (κ3) is 4.75. The SMILES string of the molecule is COc1ccc(N)c(NC(=O)c2ccc(CN(C)C(=O)C(C)C)cc2)c1. The van der Waals surface area contributed by atoms with Crippen LogP contribution in [0.25, 0.3) is 0 Å². The second kappa shape index (κ2) is 8.38. The number of rotatable bonds is 6. The highest BCUT2D eigenvalue weighted by atomic mass is 16.5. The van der Waals surface area contributed by atoms with Crippen LogP contribution in [0.2, 0.25) is 0 Å². The van der Waals surface area contributed by atoms with E-state index in [1.807, 2.05) is 26.0 Å². The van der Waals surface area contributed by atoms with Crippen molar-refractivity contribution in [3.05, 3.63) is 53.6 Å². The van der Waals surface area contributed by atoms with Crippen molar-refractivity contribution < 1.29 is 14.3 Å². The number of hydrogen-bond acceptors (Lipinski definition) is 4. The van der Waals surface area contributed by atoms with Gasteiger partial charge in [0.15, 0.2) is 0 Å². The molecule has 0 radical (unpaired) electrons. The topological polar surface area (TPSA) is 84.7 Å². The molecule has 0 saturated heterocycles. The van der Waals surface area contributed by atoms with Crippen molar-refractivity contribution >= 4 is 23.2 Å². The van der Waals surface area contributed by atoms with E-state index in [2.05, 4.69) is 5.32 Å². The standard InChI is InChI=1S/C20H25N3O3/c1-13(2)20(25)23(3)12-14-5-7-15(8-6-14)19(24)22-18-11-16(26-4)9-10-17(18)21/h5-11,13H,12,21H2,1-4H3,(H,22,24). The van der Waals surface area contributed by atoms with Gasteiger partial charge < -0.3 is 20.7 Å². The molecule has 2 rings (SSSR count). The van der Waals surface area contributed by atoms with Gasteiger partial charge in [-0.3, -0.25) is 9.59 Å².